The SMILES string of the molecule is O=C(CCN1C(=O)[C@@H]2CC=CC[C@H]2C1=O)Nc1ccccc1-c1nc2ccccc2[nH]1. The molecule has 2 atom stereocenters. The summed E-state index contributed by atoms with van der Waals surface area (Å²) < 4.78 is 0. The van der Waals surface area contributed by atoms with Crippen LogP contribution in [0, 0.1) is 11.8 Å². The fraction of sp³-hybridized carbons (Fsp3) is 0.250. The number of H-pyrrole nitrogens is 1. The van der Waals surface area contributed by atoms with Crippen molar-refractivity contribution >= 4 is 34.4 Å². The van der Waals surface area contributed by atoms with Gasteiger partial charge in [-0.2, -0.15) is 0 Å². The van der Waals surface area contributed by atoms with Crippen molar-refractivity contribution in [2.75, 3.05) is 11.9 Å². The van der Waals surface area contributed by atoms with Gasteiger partial charge >= 0.3 is 0 Å². The first kappa shape index (κ1) is 19.2. The number of para-hydroxylation sites is 3. The Morgan fingerprint density at radius 1 is 1.00 bits per heavy atom. The van der Waals surface area contributed by atoms with Crippen LogP contribution in [0.3, 0.4) is 0 Å². The average molecular weight is 414 g/mol. The molecule has 0 bridgehead atoms. The van der Waals surface area contributed by atoms with Crippen molar-refractivity contribution in [2.24, 2.45) is 11.8 Å². The molecule has 7 nitrogen and oxygen atoms in total. The van der Waals surface area contributed by atoms with Gasteiger partial charge in [0.2, 0.25) is 17.7 Å². The van der Waals surface area contributed by atoms with E-state index in [1.165, 1.54) is 4.90 Å². The van der Waals surface area contributed by atoms with E-state index in [4.69, 9.17) is 0 Å². The Bertz CT molecular complexity index is 1150. The summed E-state index contributed by atoms with van der Waals surface area (Å²) in [6.45, 7) is 0.101. The van der Waals surface area contributed by atoms with E-state index in [-0.39, 0.29) is 42.5 Å². The van der Waals surface area contributed by atoms with E-state index >= 15 is 0 Å². The van der Waals surface area contributed by atoms with E-state index in [9.17, 15) is 14.4 Å². The largest absolute Gasteiger partial charge is 0.338 e. The van der Waals surface area contributed by atoms with E-state index in [1.54, 1.807) is 0 Å². The van der Waals surface area contributed by atoms with Crippen LogP contribution in [0.5, 0.6) is 0 Å². The van der Waals surface area contributed by atoms with Crippen molar-refractivity contribution in [3.8, 4) is 11.4 Å². The van der Waals surface area contributed by atoms with Crippen LogP contribution in [-0.4, -0.2) is 39.1 Å². The lowest BCUT2D eigenvalue weighted by Gasteiger charge is -2.15. The molecule has 0 radical (unpaired) electrons. The highest BCUT2D eigenvalue weighted by atomic mass is 16.2. The first-order valence-electron chi connectivity index (χ1n) is 10.5. The smallest absolute Gasteiger partial charge is 0.233 e. The molecule has 2 aliphatic rings. The second-order valence-corrected chi connectivity index (χ2v) is 7.93. The van der Waals surface area contributed by atoms with Crippen LogP contribution in [0.25, 0.3) is 22.4 Å². The number of benzene rings is 2. The van der Waals surface area contributed by atoms with Crippen LogP contribution in [0.4, 0.5) is 5.69 Å². The number of allylic oxidation sites excluding steroid dienone is 2. The molecule has 2 aromatic carbocycles. The summed E-state index contributed by atoms with van der Waals surface area (Å²) in [6, 6.07) is 15.2. The molecule has 156 valence electrons. The highest BCUT2D eigenvalue weighted by Crippen LogP contribution is 2.35. The molecule has 1 aliphatic carbocycles. The molecule has 3 aromatic rings. The van der Waals surface area contributed by atoms with Gasteiger partial charge in [-0.25, -0.2) is 4.98 Å². The molecule has 2 heterocycles. The number of imidazole rings is 1. The summed E-state index contributed by atoms with van der Waals surface area (Å²) in [6.07, 6.45) is 5.17. The third-order valence-electron chi connectivity index (χ3n) is 6.01. The maximum atomic E-state index is 12.6. The number of nitrogens with zero attached hydrogens (tertiary/aromatic N) is 2. The van der Waals surface area contributed by atoms with E-state index in [1.807, 2.05) is 60.7 Å². The standard InChI is InChI=1S/C24H22N4O3/c29-21(13-14-28-23(30)15-7-1-2-8-16(15)24(28)31)25-18-10-4-3-9-17(18)22-26-19-11-5-6-12-20(19)27-22/h1-6,9-12,15-16H,7-8,13-14H2,(H,25,29)(H,26,27)/t15-,16-/m1/s1. The molecule has 3 amide bonds. The Morgan fingerprint density at radius 3 is 2.42 bits per heavy atom. The molecule has 0 spiro atoms. The van der Waals surface area contributed by atoms with Crippen molar-refractivity contribution in [1.29, 1.82) is 0 Å². The number of hydrogen-bond acceptors (Lipinski definition) is 4. The molecule has 1 fully saturated rings. The maximum Gasteiger partial charge on any atom is 0.233 e. The third kappa shape index (κ3) is 3.52. The molecule has 1 aromatic heterocycles. The molecule has 2 N–H and O–H groups in total. The number of hydrogen-bond donors (Lipinski definition) is 2. The fourth-order valence-electron chi connectivity index (χ4n) is 4.39. The molecular weight excluding hydrogens is 392 g/mol. The molecule has 31 heavy (non-hydrogen) atoms. The van der Waals surface area contributed by atoms with Gasteiger partial charge in [-0.05, 0) is 37.1 Å². The van der Waals surface area contributed by atoms with Gasteiger partial charge in [0.1, 0.15) is 5.82 Å². The van der Waals surface area contributed by atoms with Gasteiger partial charge in [0.15, 0.2) is 0 Å². The summed E-state index contributed by atoms with van der Waals surface area (Å²) in [7, 11) is 0. The monoisotopic (exact) mass is 414 g/mol. The van der Waals surface area contributed by atoms with Gasteiger partial charge < -0.3 is 10.3 Å². The number of carbonyl (C=O) groups is 3. The minimum absolute atomic E-state index is 0.0544. The Hall–Kier alpha value is -3.74. The van der Waals surface area contributed by atoms with E-state index in [2.05, 4.69) is 15.3 Å². The lowest BCUT2D eigenvalue weighted by molar-refractivity contribution is -0.140. The zero-order valence-corrected chi connectivity index (χ0v) is 16.9. The Labute approximate surface area is 179 Å². The number of imide groups is 1. The lowest BCUT2D eigenvalue weighted by atomic mass is 9.85. The number of rotatable bonds is 5. The number of likely N-dealkylation sites (tertiary alicyclic amines) is 1. The second kappa shape index (κ2) is 7.83. The molecule has 5 rings (SSSR count). The van der Waals surface area contributed by atoms with Crippen LogP contribution in [0.1, 0.15) is 19.3 Å². The summed E-state index contributed by atoms with van der Waals surface area (Å²) in [4.78, 5) is 46.9. The molecule has 7 heteroatoms. The van der Waals surface area contributed by atoms with Crippen LogP contribution in [-0.2, 0) is 14.4 Å². The number of amides is 3. The quantitative estimate of drug-likeness (QED) is 0.493. The lowest BCUT2D eigenvalue weighted by Crippen LogP contribution is -2.34. The molecule has 0 unspecified atom stereocenters. The van der Waals surface area contributed by atoms with E-state index in [0.29, 0.717) is 24.4 Å². The fourth-order valence-corrected chi connectivity index (χ4v) is 4.39. The van der Waals surface area contributed by atoms with Gasteiger partial charge in [-0.1, -0.05) is 36.4 Å². The number of fused-ring (bicyclic) bond motifs is 2. The van der Waals surface area contributed by atoms with Gasteiger partial charge in [0.25, 0.3) is 0 Å². The van der Waals surface area contributed by atoms with Crippen molar-refractivity contribution in [3.63, 3.8) is 0 Å². The normalized spacial score (nSPS) is 20.3. The predicted molar refractivity (Wildman–Crippen MR) is 117 cm³/mol. The number of aromatic amines is 1. The van der Waals surface area contributed by atoms with Crippen molar-refractivity contribution in [1.82, 2.24) is 14.9 Å². The van der Waals surface area contributed by atoms with Crippen LogP contribution in [0.15, 0.2) is 60.7 Å². The average Bonchev–Trinajstić information content (AvgIpc) is 3.32. The first-order valence-corrected chi connectivity index (χ1v) is 10.5. The van der Waals surface area contributed by atoms with Gasteiger partial charge in [-0.3, -0.25) is 19.3 Å². The van der Waals surface area contributed by atoms with E-state index in [0.717, 1.165) is 16.6 Å². The predicted octanol–water partition coefficient (Wildman–Crippen LogP) is 3.51. The third-order valence-corrected chi connectivity index (χ3v) is 6.01. The highest BCUT2D eigenvalue weighted by Gasteiger charge is 2.46. The number of carbonyl (C=O) groups excluding carboxylic acids is 3. The summed E-state index contributed by atoms with van der Waals surface area (Å²) in [5, 5.41) is 2.91. The topological polar surface area (TPSA) is 95.2 Å². The van der Waals surface area contributed by atoms with Crippen LogP contribution in [0.2, 0.25) is 0 Å². The van der Waals surface area contributed by atoms with Gasteiger partial charge in [0.05, 0.1) is 28.6 Å². The van der Waals surface area contributed by atoms with Crippen LogP contribution < -0.4 is 5.32 Å². The summed E-state index contributed by atoms with van der Waals surface area (Å²) in [5.41, 5.74) is 3.17. The number of anilines is 1. The second-order valence-electron chi connectivity index (χ2n) is 7.93. The zero-order valence-electron chi connectivity index (χ0n) is 16.9. The summed E-state index contributed by atoms with van der Waals surface area (Å²) in [5.74, 6) is -0.441. The molecule has 0 saturated carbocycles. The Morgan fingerprint density at radius 2 is 1.68 bits per heavy atom. The van der Waals surface area contributed by atoms with Crippen LogP contribution >= 0.6 is 0 Å². The van der Waals surface area contributed by atoms with E-state index < -0.39 is 0 Å². The maximum absolute atomic E-state index is 12.6. The van der Waals surface area contributed by atoms with Gasteiger partial charge in [0, 0.05) is 18.5 Å². The molecular formula is C24H22N4O3. The minimum Gasteiger partial charge on any atom is -0.338 e. The number of aromatic nitrogens is 2. The minimum atomic E-state index is -0.269. The van der Waals surface area contributed by atoms with Gasteiger partial charge in [-0.15, -0.1) is 0 Å². The van der Waals surface area contributed by atoms with Crippen molar-refractivity contribution in [2.45, 2.75) is 19.3 Å². The first-order chi connectivity index (χ1) is 15.1. The summed E-state index contributed by atoms with van der Waals surface area (Å²) >= 11 is 0. The zero-order chi connectivity index (χ0) is 21.4. The highest BCUT2D eigenvalue weighted by molar-refractivity contribution is 6.06. The van der Waals surface area contributed by atoms with Crippen molar-refractivity contribution < 1.29 is 14.4 Å². The van der Waals surface area contributed by atoms with Crippen molar-refractivity contribution in [3.05, 3.63) is 60.7 Å². The molecule has 1 aliphatic heterocycles. The molecule has 1 saturated heterocycles. The number of nitrogens with one attached hydrogen (secondary N) is 2. The Balaban J connectivity index is 1.28. The Kier molecular flexibility index (Phi) is 4.86.